The lowest BCUT2D eigenvalue weighted by atomic mass is 10.0. The van der Waals surface area contributed by atoms with Gasteiger partial charge in [0.15, 0.2) is 0 Å². The highest BCUT2D eigenvalue weighted by Gasteiger charge is 2.27. The highest BCUT2D eigenvalue weighted by atomic mass is 32.2. The summed E-state index contributed by atoms with van der Waals surface area (Å²) in [5.74, 6) is -0.231. The molecule has 2 aromatic carbocycles. The number of carbonyl (C=O) groups is 1. The first kappa shape index (κ1) is 21.0. The number of nitrogens with zero attached hydrogens (tertiary/aromatic N) is 3. The van der Waals surface area contributed by atoms with Crippen LogP contribution in [0.2, 0.25) is 0 Å². The van der Waals surface area contributed by atoms with Gasteiger partial charge < -0.3 is 5.32 Å². The van der Waals surface area contributed by atoms with Crippen LogP contribution < -0.4 is 5.32 Å². The van der Waals surface area contributed by atoms with Crippen LogP contribution in [0.1, 0.15) is 29.9 Å². The fraction of sp³-hybridized carbons (Fsp3) is 0.333. The van der Waals surface area contributed by atoms with Crippen LogP contribution in [0.15, 0.2) is 47.4 Å². The van der Waals surface area contributed by atoms with Crippen LogP contribution >= 0.6 is 0 Å². The van der Waals surface area contributed by atoms with Gasteiger partial charge >= 0.3 is 0 Å². The molecule has 0 bridgehead atoms. The van der Waals surface area contributed by atoms with Crippen LogP contribution in [0.5, 0.6) is 0 Å². The summed E-state index contributed by atoms with van der Waals surface area (Å²) in [4.78, 5) is 12.7. The van der Waals surface area contributed by atoms with Crippen LogP contribution in [0.25, 0.3) is 10.8 Å². The number of amides is 1. The van der Waals surface area contributed by atoms with Gasteiger partial charge in [-0.05, 0) is 43.2 Å². The Morgan fingerprint density at radius 1 is 1.14 bits per heavy atom. The van der Waals surface area contributed by atoms with Gasteiger partial charge in [-0.2, -0.15) is 5.10 Å². The third-order valence-electron chi connectivity index (χ3n) is 5.00. The molecule has 0 spiro atoms. The first-order valence-corrected chi connectivity index (χ1v) is 10.8. The molecule has 154 valence electrons. The lowest BCUT2D eigenvalue weighted by molar-refractivity contribution is -0.122. The largest absolute Gasteiger partial charge is 0.348 e. The maximum atomic E-state index is 12.6. The van der Waals surface area contributed by atoms with Gasteiger partial charge in [-0.1, -0.05) is 36.4 Å². The number of nitrogens with one attached hydrogen (secondary N) is 1. The minimum absolute atomic E-state index is 0.0481. The molecule has 0 aliphatic carbocycles. The lowest BCUT2D eigenvalue weighted by Crippen LogP contribution is -2.31. The van der Waals surface area contributed by atoms with Crippen LogP contribution in [0.3, 0.4) is 0 Å². The first-order chi connectivity index (χ1) is 13.6. The maximum absolute atomic E-state index is 12.6. The molecule has 0 saturated carbocycles. The highest BCUT2D eigenvalue weighted by Crippen LogP contribution is 2.23. The Hall–Kier alpha value is -2.71. The molecule has 3 rings (SSSR count). The molecule has 0 radical (unpaired) electrons. The molecule has 1 heterocycles. The lowest BCUT2D eigenvalue weighted by Gasteiger charge is -2.16. The number of hydrogen-bond donors (Lipinski definition) is 1. The molecule has 1 amide bonds. The zero-order chi connectivity index (χ0) is 21.3. The average molecular weight is 415 g/mol. The quantitative estimate of drug-likeness (QED) is 0.672. The van der Waals surface area contributed by atoms with E-state index < -0.39 is 10.0 Å². The summed E-state index contributed by atoms with van der Waals surface area (Å²) in [6, 6.07) is 14.0. The number of rotatable bonds is 6. The second-order valence-electron chi connectivity index (χ2n) is 7.34. The average Bonchev–Trinajstić information content (AvgIpc) is 2.94. The third kappa shape index (κ3) is 4.18. The van der Waals surface area contributed by atoms with Gasteiger partial charge in [-0.25, -0.2) is 12.7 Å². The van der Waals surface area contributed by atoms with Gasteiger partial charge in [0.2, 0.25) is 15.9 Å². The van der Waals surface area contributed by atoms with Gasteiger partial charge in [-0.3, -0.25) is 9.48 Å². The predicted molar refractivity (Wildman–Crippen MR) is 113 cm³/mol. The summed E-state index contributed by atoms with van der Waals surface area (Å²) in [6.07, 6.45) is 0. The molecular weight excluding hydrogens is 388 g/mol. The number of aryl methyl sites for hydroxylation is 1. The summed E-state index contributed by atoms with van der Waals surface area (Å²) in [6.45, 7) is 5.17. The Bertz CT molecular complexity index is 1170. The monoisotopic (exact) mass is 414 g/mol. The number of carbonyl (C=O) groups excluding carboxylic acids is 1. The van der Waals surface area contributed by atoms with Crippen molar-refractivity contribution in [2.24, 2.45) is 0 Å². The second kappa shape index (κ2) is 7.96. The van der Waals surface area contributed by atoms with Crippen LogP contribution in [0, 0.1) is 13.8 Å². The Labute approximate surface area is 171 Å². The van der Waals surface area contributed by atoms with Crippen molar-refractivity contribution in [1.82, 2.24) is 19.4 Å². The molecular formula is C21H26N4O3S. The Morgan fingerprint density at radius 3 is 2.45 bits per heavy atom. The summed E-state index contributed by atoms with van der Waals surface area (Å²) in [5.41, 5.74) is 1.83. The number of hydrogen-bond acceptors (Lipinski definition) is 4. The van der Waals surface area contributed by atoms with E-state index in [1.807, 2.05) is 43.3 Å². The van der Waals surface area contributed by atoms with E-state index in [1.165, 1.54) is 18.8 Å². The van der Waals surface area contributed by atoms with Gasteiger partial charge in [0.1, 0.15) is 11.4 Å². The SMILES string of the molecule is Cc1nn(CC(=O)N[C@H](C)c2ccc3ccccc3c2)c(C)c1S(=O)(=O)N(C)C. The van der Waals surface area contributed by atoms with Crippen molar-refractivity contribution in [3.8, 4) is 0 Å². The summed E-state index contributed by atoms with van der Waals surface area (Å²) in [5, 5.41) is 9.50. The van der Waals surface area contributed by atoms with E-state index in [0.29, 0.717) is 11.4 Å². The van der Waals surface area contributed by atoms with Crippen LogP contribution in [-0.4, -0.2) is 42.5 Å². The van der Waals surface area contributed by atoms with E-state index in [4.69, 9.17) is 0 Å². The second-order valence-corrected chi connectivity index (χ2v) is 9.43. The third-order valence-corrected chi connectivity index (χ3v) is 7.07. The first-order valence-electron chi connectivity index (χ1n) is 9.36. The van der Waals surface area contributed by atoms with Gasteiger partial charge in [-0.15, -0.1) is 0 Å². The molecule has 8 heteroatoms. The maximum Gasteiger partial charge on any atom is 0.246 e. The normalized spacial score (nSPS) is 13.0. The summed E-state index contributed by atoms with van der Waals surface area (Å²) in [7, 11) is -0.670. The zero-order valence-corrected chi connectivity index (χ0v) is 18.1. The highest BCUT2D eigenvalue weighted by molar-refractivity contribution is 7.89. The molecule has 3 aromatic rings. The number of fused-ring (bicyclic) bond motifs is 1. The van der Waals surface area contributed by atoms with E-state index in [2.05, 4.69) is 16.5 Å². The van der Waals surface area contributed by atoms with Gasteiger partial charge in [0.25, 0.3) is 0 Å². The number of benzene rings is 2. The minimum Gasteiger partial charge on any atom is -0.348 e. The van der Waals surface area contributed by atoms with E-state index in [-0.39, 0.29) is 23.4 Å². The minimum atomic E-state index is -3.62. The Kier molecular flexibility index (Phi) is 5.77. The van der Waals surface area contributed by atoms with E-state index in [1.54, 1.807) is 13.8 Å². The van der Waals surface area contributed by atoms with E-state index >= 15 is 0 Å². The van der Waals surface area contributed by atoms with Crippen molar-refractivity contribution in [1.29, 1.82) is 0 Å². The van der Waals surface area contributed by atoms with Crippen molar-refractivity contribution >= 4 is 26.7 Å². The fourth-order valence-corrected chi connectivity index (χ4v) is 4.63. The van der Waals surface area contributed by atoms with Crippen molar-refractivity contribution < 1.29 is 13.2 Å². The molecule has 7 nitrogen and oxygen atoms in total. The van der Waals surface area contributed by atoms with Crippen LogP contribution in [0.4, 0.5) is 0 Å². The molecule has 1 N–H and O–H groups in total. The van der Waals surface area contributed by atoms with Gasteiger partial charge in [0.05, 0.1) is 17.4 Å². The van der Waals surface area contributed by atoms with Crippen LogP contribution in [-0.2, 0) is 21.4 Å². The molecule has 29 heavy (non-hydrogen) atoms. The van der Waals surface area contributed by atoms with Crippen molar-refractivity contribution in [2.45, 2.75) is 38.3 Å². The van der Waals surface area contributed by atoms with Crippen molar-refractivity contribution in [3.05, 3.63) is 59.4 Å². The van der Waals surface area contributed by atoms with E-state index in [9.17, 15) is 13.2 Å². The Balaban J connectivity index is 1.77. The number of sulfonamides is 1. The molecule has 0 unspecified atom stereocenters. The standard InChI is InChI=1S/C21H26N4O3S/c1-14(18-11-10-17-8-6-7-9-19(17)12-18)22-20(26)13-25-16(3)21(15(2)23-25)29(27,28)24(4)5/h6-12,14H,13H2,1-5H3,(H,22,26)/t14-/m1/s1. The molecule has 0 aliphatic rings. The van der Waals surface area contributed by atoms with Gasteiger partial charge in [0, 0.05) is 14.1 Å². The molecule has 0 aliphatic heterocycles. The molecule has 1 atom stereocenters. The molecule has 1 aromatic heterocycles. The van der Waals surface area contributed by atoms with E-state index in [0.717, 1.165) is 20.6 Å². The summed E-state index contributed by atoms with van der Waals surface area (Å²) < 4.78 is 27.6. The zero-order valence-electron chi connectivity index (χ0n) is 17.3. The number of aromatic nitrogens is 2. The predicted octanol–water partition coefficient (Wildman–Crippen LogP) is 2.78. The Morgan fingerprint density at radius 2 is 1.79 bits per heavy atom. The van der Waals surface area contributed by atoms with Crippen molar-refractivity contribution in [3.63, 3.8) is 0 Å². The molecule has 0 fully saturated rings. The summed E-state index contributed by atoms with van der Waals surface area (Å²) >= 11 is 0. The fourth-order valence-electron chi connectivity index (χ4n) is 3.37. The van der Waals surface area contributed by atoms with Crippen molar-refractivity contribution in [2.75, 3.05) is 14.1 Å². The topological polar surface area (TPSA) is 84.3 Å². The molecule has 0 saturated heterocycles. The smallest absolute Gasteiger partial charge is 0.246 e.